The molecule has 5 rings (SSSR count). The number of aliphatic hydroxyl groups is 1. The maximum atomic E-state index is 12.6. The molecule has 0 unspecified atom stereocenters. The lowest BCUT2D eigenvalue weighted by atomic mass is 9.84. The zero-order valence-electron chi connectivity index (χ0n) is 18.4. The molecule has 1 aromatic carbocycles. The maximum absolute atomic E-state index is 12.6. The third-order valence-corrected chi connectivity index (χ3v) is 6.81. The molecule has 3 N–H and O–H groups in total. The number of nitrogens with zero attached hydrogens (tertiary/aromatic N) is 1. The Bertz CT molecular complexity index is 1010. The average Bonchev–Trinajstić information content (AvgIpc) is 3.46. The molecule has 8 heteroatoms. The van der Waals surface area contributed by atoms with Gasteiger partial charge in [-0.2, -0.15) is 0 Å². The Morgan fingerprint density at radius 1 is 1.18 bits per heavy atom. The normalized spacial score (nSPS) is 26.2. The summed E-state index contributed by atoms with van der Waals surface area (Å²) in [6.07, 6.45) is 7.31. The van der Waals surface area contributed by atoms with Gasteiger partial charge in [-0.05, 0) is 49.6 Å². The molecule has 0 bridgehead atoms. The standard InChI is InChI=1S/C25H29N3O5/c29-14-22-24-20(11-18(32-22)12-23(30)27-16-5-1-2-6-16)19-10-17(7-8-21(19)33-24)28-25(31)15-4-3-9-26-13-15/h3-4,7-10,13,16,18,20,22,24,29H,1-2,5-6,11-12,14H2,(H,27,30)(H,28,31)/t18-,20+,22+,24-/m0/s1. The first-order valence-electron chi connectivity index (χ1n) is 11.7. The number of amides is 2. The van der Waals surface area contributed by atoms with Crippen LogP contribution in [0.3, 0.4) is 0 Å². The van der Waals surface area contributed by atoms with Crippen LogP contribution in [-0.4, -0.2) is 52.9 Å². The molecule has 3 aliphatic rings. The van der Waals surface area contributed by atoms with E-state index in [0.29, 0.717) is 17.7 Å². The molecular formula is C25H29N3O5. The summed E-state index contributed by atoms with van der Waals surface area (Å²) in [5, 5.41) is 16.0. The predicted octanol–water partition coefficient (Wildman–Crippen LogP) is 2.78. The fourth-order valence-corrected chi connectivity index (χ4v) is 5.23. The van der Waals surface area contributed by atoms with Gasteiger partial charge in [0.15, 0.2) is 0 Å². The Morgan fingerprint density at radius 3 is 2.79 bits per heavy atom. The van der Waals surface area contributed by atoms with Crippen molar-refractivity contribution in [2.24, 2.45) is 0 Å². The van der Waals surface area contributed by atoms with Crippen molar-refractivity contribution < 1.29 is 24.2 Å². The number of nitrogens with one attached hydrogen (secondary N) is 2. The summed E-state index contributed by atoms with van der Waals surface area (Å²) < 4.78 is 12.2. The molecule has 4 atom stereocenters. The lowest BCUT2D eigenvalue weighted by Crippen LogP contribution is -2.47. The van der Waals surface area contributed by atoms with Crippen LogP contribution in [0.2, 0.25) is 0 Å². The van der Waals surface area contributed by atoms with Gasteiger partial charge in [0.2, 0.25) is 5.91 Å². The minimum Gasteiger partial charge on any atom is -0.487 e. The van der Waals surface area contributed by atoms with Crippen LogP contribution in [0.15, 0.2) is 42.7 Å². The van der Waals surface area contributed by atoms with Crippen LogP contribution in [0.25, 0.3) is 0 Å². The van der Waals surface area contributed by atoms with E-state index in [-0.39, 0.29) is 49.0 Å². The Balaban J connectivity index is 1.29. The fourth-order valence-electron chi connectivity index (χ4n) is 5.23. The first kappa shape index (κ1) is 21.9. The molecule has 3 heterocycles. The summed E-state index contributed by atoms with van der Waals surface area (Å²) in [5.74, 6) is 0.465. The number of hydrogen-bond acceptors (Lipinski definition) is 6. The Morgan fingerprint density at radius 2 is 2.03 bits per heavy atom. The number of carbonyl (C=O) groups is 2. The summed E-state index contributed by atoms with van der Waals surface area (Å²) in [4.78, 5) is 29.1. The number of aromatic nitrogens is 1. The SMILES string of the molecule is O=C(C[C@@H]1C[C@@H]2c3cc(NC(=O)c4cccnc4)ccc3O[C@@H]2[C@@H](CO)O1)NC1CCCC1. The van der Waals surface area contributed by atoms with Crippen LogP contribution >= 0.6 is 0 Å². The van der Waals surface area contributed by atoms with Crippen molar-refractivity contribution in [3.05, 3.63) is 53.9 Å². The first-order chi connectivity index (χ1) is 16.1. The van der Waals surface area contributed by atoms with Gasteiger partial charge >= 0.3 is 0 Å². The third-order valence-electron chi connectivity index (χ3n) is 6.81. The van der Waals surface area contributed by atoms with Crippen LogP contribution in [0.4, 0.5) is 5.69 Å². The number of aliphatic hydroxyl groups excluding tert-OH is 1. The van der Waals surface area contributed by atoms with Gasteiger partial charge in [0.1, 0.15) is 18.0 Å². The fraction of sp³-hybridized carbons (Fsp3) is 0.480. The second kappa shape index (κ2) is 9.49. The van der Waals surface area contributed by atoms with Crippen LogP contribution in [0.1, 0.15) is 60.4 Å². The number of anilines is 1. The van der Waals surface area contributed by atoms with E-state index in [1.54, 1.807) is 24.4 Å². The lowest BCUT2D eigenvalue weighted by molar-refractivity contribution is -0.142. The van der Waals surface area contributed by atoms with E-state index < -0.39 is 6.10 Å². The van der Waals surface area contributed by atoms with Gasteiger partial charge in [0, 0.05) is 35.6 Å². The predicted molar refractivity (Wildman–Crippen MR) is 121 cm³/mol. The Hall–Kier alpha value is -2.97. The number of rotatable bonds is 6. The van der Waals surface area contributed by atoms with E-state index in [1.165, 1.54) is 6.20 Å². The van der Waals surface area contributed by atoms with Gasteiger partial charge in [0.05, 0.1) is 24.7 Å². The lowest BCUT2D eigenvalue weighted by Gasteiger charge is -2.37. The summed E-state index contributed by atoms with van der Waals surface area (Å²) in [5.41, 5.74) is 2.10. The molecule has 0 spiro atoms. The summed E-state index contributed by atoms with van der Waals surface area (Å²) in [6, 6.07) is 9.25. The molecule has 1 saturated heterocycles. The summed E-state index contributed by atoms with van der Waals surface area (Å²) >= 11 is 0. The van der Waals surface area contributed by atoms with Crippen molar-refractivity contribution in [3.63, 3.8) is 0 Å². The molecule has 2 fully saturated rings. The third kappa shape index (κ3) is 4.72. The Labute approximate surface area is 192 Å². The highest BCUT2D eigenvalue weighted by Gasteiger charge is 2.46. The van der Waals surface area contributed by atoms with E-state index in [0.717, 1.165) is 37.0 Å². The van der Waals surface area contributed by atoms with Crippen molar-refractivity contribution >= 4 is 17.5 Å². The molecule has 33 heavy (non-hydrogen) atoms. The van der Waals surface area contributed by atoms with Gasteiger partial charge in [-0.3, -0.25) is 14.6 Å². The highest BCUT2D eigenvalue weighted by Crippen LogP contribution is 2.47. The Kier molecular flexibility index (Phi) is 6.28. The van der Waals surface area contributed by atoms with E-state index in [1.807, 2.05) is 12.1 Å². The maximum Gasteiger partial charge on any atom is 0.257 e. The molecule has 0 radical (unpaired) electrons. The summed E-state index contributed by atoms with van der Waals surface area (Å²) in [6.45, 7) is -0.180. The van der Waals surface area contributed by atoms with Crippen LogP contribution in [0, 0.1) is 0 Å². The summed E-state index contributed by atoms with van der Waals surface area (Å²) in [7, 11) is 0. The van der Waals surface area contributed by atoms with Crippen molar-refractivity contribution in [2.75, 3.05) is 11.9 Å². The van der Waals surface area contributed by atoms with Gasteiger partial charge in [-0.15, -0.1) is 0 Å². The van der Waals surface area contributed by atoms with Crippen LogP contribution in [-0.2, 0) is 9.53 Å². The number of benzene rings is 1. The minimum atomic E-state index is -0.506. The molecule has 2 amide bonds. The van der Waals surface area contributed by atoms with Crippen molar-refractivity contribution in [3.8, 4) is 5.75 Å². The smallest absolute Gasteiger partial charge is 0.257 e. The van der Waals surface area contributed by atoms with E-state index in [9.17, 15) is 14.7 Å². The average molecular weight is 452 g/mol. The molecule has 2 aromatic rings. The quantitative estimate of drug-likeness (QED) is 0.623. The topological polar surface area (TPSA) is 110 Å². The highest BCUT2D eigenvalue weighted by atomic mass is 16.6. The van der Waals surface area contributed by atoms with Gasteiger partial charge in [-0.25, -0.2) is 0 Å². The number of hydrogen-bond donors (Lipinski definition) is 3. The molecule has 2 aliphatic heterocycles. The highest BCUT2D eigenvalue weighted by molar-refractivity contribution is 6.04. The molecule has 8 nitrogen and oxygen atoms in total. The second-order valence-electron chi connectivity index (χ2n) is 9.11. The van der Waals surface area contributed by atoms with E-state index in [4.69, 9.17) is 9.47 Å². The van der Waals surface area contributed by atoms with E-state index >= 15 is 0 Å². The molecule has 1 aromatic heterocycles. The van der Waals surface area contributed by atoms with Crippen LogP contribution < -0.4 is 15.4 Å². The van der Waals surface area contributed by atoms with Gasteiger partial charge in [0.25, 0.3) is 5.91 Å². The monoisotopic (exact) mass is 451 g/mol. The number of fused-ring (bicyclic) bond motifs is 3. The zero-order valence-corrected chi connectivity index (χ0v) is 18.4. The van der Waals surface area contributed by atoms with Crippen molar-refractivity contribution in [1.82, 2.24) is 10.3 Å². The zero-order chi connectivity index (χ0) is 22.8. The van der Waals surface area contributed by atoms with Crippen LogP contribution in [0.5, 0.6) is 5.75 Å². The molecular weight excluding hydrogens is 422 g/mol. The number of carbonyl (C=O) groups excluding carboxylic acids is 2. The number of pyridine rings is 1. The number of ether oxygens (including phenoxy) is 2. The first-order valence-corrected chi connectivity index (χ1v) is 11.7. The minimum absolute atomic E-state index is 0.00124. The molecule has 174 valence electrons. The molecule has 1 saturated carbocycles. The second-order valence-corrected chi connectivity index (χ2v) is 9.11. The largest absolute Gasteiger partial charge is 0.487 e. The van der Waals surface area contributed by atoms with Gasteiger partial charge < -0.3 is 25.2 Å². The van der Waals surface area contributed by atoms with Crippen molar-refractivity contribution in [1.29, 1.82) is 0 Å². The molecule has 1 aliphatic carbocycles. The van der Waals surface area contributed by atoms with Gasteiger partial charge in [-0.1, -0.05) is 12.8 Å². The van der Waals surface area contributed by atoms with Crippen molar-refractivity contribution in [2.45, 2.75) is 68.8 Å². The van der Waals surface area contributed by atoms with E-state index in [2.05, 4.69) is 15.6 Å².